The number of carbonyl (C=O) groups excluding carboxylic acids is 3. The molecule has 2 bridgehead atoms. The van der Waals surface area contributed by atoms with Crippen molar-refractivity contribution in [3.63, 3.8) is 0 Å². The molecule has 3 aliphatic heterocycles. The third-order valence-corrected chi connectivity index (χ3v) is 11.7. The number of benzene rings is 1. The number of hydrogen-bond acceptors (Lipinski definition) is 5. The topological polar surface area (TPSA) is 81.2 Å². The van der Waals surface area contributed by atoms with Crippen LogP contribution in [0.5, 0.6) is 0 Å². The van der Waals surface area contributed by atoms with Gasteiger partial charge in [0.1, 0.15) is 6.04 Å². The average Bonchev–Trinajstić information content (AvgIpc) is 3.52. The van der Waals surface area contributed by atoms with Crippen LogP contribution in [0.15, 0.2) is 49.6 Å². The number of halogens is 1. The van der Waals surface area contributed by atoms with Crippen LogP contribution in [0.3, 0.4) is 0 Å². The molecule has 41 heavy (non-hydrogen) atoms. The van der Waals surface area contributed by atoms with Gasteiger partial charge in [-0.05, 0) is 56.4 Å². The number of amides is 3. The zero-order valence-corrected chi connectivity index (χ0v) is 26.3. The van der Waals surface area contributed by atoms with E-state index in [-0.39, 0.29) is 36.8 Å². The summed E-state index contributed by atoms with van der Waals surface area (Å²) < 4.78 is -1.24. The predicted molar refractivity (Wildman–Crippen MR) is 167 cm³/mol. The number of hydrogen-bond donors (Lipinski definition) is 1. The minimum absolute atomic E-state index is 0.0397. The minimum atomic E-state index is -0.828. The van der Waals surface area contributed by atoms with Gasteiger partial charge < -0.3 is 19.8 Å². The molecule has 224 valence electrons. The Hall–Kier alpha value is -2.29. The second-order valence-corrected chi connectivity index (χ2v) is 14.2. The van der Waals surface area contributed by atoms with E-state index in [9.17, 15) is 19.5 Å². The first kappa shape index (κ1) is 31.6. The van der Waals surface area contributed by atoms with Crippen LogP contribution in [-0.4, -0.2) is 80.4 Å². The van der Waals surface area contributed by atoms with E-state index in [1.54, 1.807) is 62.9 Å². The van der Waals surface area contributed by atoms with E-state index in [2.05, 4.69) is 20.1 Å². The van der Waals surface area contributed by atoms with Crippen molar-refractivity contribution >= 4 is 46.8 Å². The van der Waals surface area contributed by atoms with Crippen LogP contribution in [0.25, 0.3) is 0 Å². The summed E-state index contributed by atoms with van der Waals surface area (Å²) in [5.41, 5.74) is 0.659. The van der Waals surface area contributed by atoms with Crippen LogP contribution in [0.1, 0.15) is 53.4 Å². The Morgan fingerprint density at radius 1 is 1.17 bits per heavy atom. The standard InChI is InChI=1S/C32H44ClN3O4S/c1-7-17-34(18-8-2)28(38)25-26-29(39)36(24(20-37)21(5)10-4)27(32(26)16-15-31(25,6)41-32)30(40)35(19-9-3)23-13-11-22(33)12-14-23/h7,9,11-14,21,24-27,37H,1,3,8,10,15-20H2,2,4-6H3/t21-,24-,25+,26-,27?,31-,32?/m0/s1. The number of rotatable bonds is 13. The maximum absolute atomic E-state index is 14.8. The van der Waals surface area contributed by atoms with Crippen molar-refractivity contribution in [3.05, 3.63) is 54.6 Å². The third kappa shape index (κ3) is 5.25. The minimum Gasteiger partial charge on any atom is -0.394 e. The molecular formula is C32H44ClN3O4S. The van der Waals surface area contributed by atoms with Gasteiger partial charge in [-0.15, -0.1) is 24.9 Å². The van der Waals surface area contributed by atoms with Gasteiger partial charge in [-0.2, -0.15) is 0 Å². The third-order valence-electron chi connectivity index (χ3n) is 9.43. The Morgan fingerprint density at radius 3 is 2.39 bits per heavy atom. The van der Waals surface area contributed by atoms with Crippen LogP contribution < -0.4 is 4.90 Å². The van der Waals surface area contributed by atoms with Gasteiger partial charge in [0.15, 0.2) is 0 Å². The van der Waals surface area contributed by atoms with Crippen LogP contribution in [0.4, 0.5) is 5.69 Å². The molecule has 7 nitrogen and oxygen atoms in total. The molecule has 0 aliphatic carbocycles. The van der Waals surface area contributed by atoms with Gasteiger partial charge in [0.25, 0.3) is 5.91 Å². The lowest BCUT2D eigenvalue weighted by Gasteiger charge is -2.41. The highest BCUT2D eigenvalue weighted by Crippen LogP contribution is 2.72. The van der Waals surface area contributed by atoms with E-state index in [0.717, 1.165) is 19.3 Å². The number of thioether (sulfide) groups is 1. The van der Waals surface area contributed by atoms with Gasteiger partial charge in [-0.3, -0.25) is 14.4 Å². The first-order chi connectivity index (χ1) is 19.5. The van der Waals surface area contributed by atoms with Crippen molar-refractivity contribution < 1.29 is 19.5 Å². The SMILES string of the molecule is C=CCN(CCC)C(=O)[C@H]1[C@H]2C(=O)N([C@@H](CO)[C@@H](C)CC)C(C(=O)N(CC=C)c3ccc(Cl)cc3)C23CC[C@]1(C)S3. The molecule has 1 aromatic rings. The van der Waals surface area contributed by atoms with Crippen LogP contribution in [0, 0.1) is 17.8 Å². The Morgan fingerprint density at radius 2 is 1.83 bits per heavy atom. The zero-order chi connectivity index (χ0) is 30.1. The number of aliphatic hydroxyl groups excluding tert-OH is 1. The van der Waals surface area contributed by atoms with E-state index in [1.165, 1.54) is 0 Å². The zero-order valence-electron chi connectivity index (χ0n) is 24.7. The van der Waals surface area contributed by atoms with E-state index in [0.29, 0.717) is 30.2 Å². The fourth-order valence-corrected chi connectivity index (χ4v) is 9.78. The molecule has 3 aliphatic rings. The summed E-state index contributed by atoms with van der Waals surface area (Å²) in [6.45, 7) is 16.9. The predicted octanol–water partition coefficient (Wildman–Crippen LogP) is 5.17. The smallest absolute Gasteiger partial charge is 0.251 e. The van der Waals surface area contributed by atoms with E-state index in [1.807, 2.05) is 20.8 Å². The Balaban J connectivity index is 1.87. The molecule has 3 fully saturated rings. The van der Waals surface area contributed by atoms with Crippen molar-refractivity contribution in [1.82, 2.24) is 9.80 Å². The molecule has 9 heteroatoms. The lowest BCUT2D eigenvalue weighted by molar-refractivity contribution is -0.147. The van der Waals surface area contributed by atoms with Crippen LogP contribution >= 0.6 is 23.4 Å². The summed E-state index contributed by atoms with van der Waals surface area (Å²) in [5.74, 6) is -1.69. The van der Waals surface area contributed by atoms with Gasteiger partial charge in [0.2, 0.25) is 11.8 Å². The highest BCUT2D eigenvalue weighted by atomic mass is 35.5. The average molecular weight is 602 g/mol. The lowest BCUT2D eigenvalue weighted by Crippen LogP contribution is -2.58. The molecule has 3 amide bonds. The summed E-state index contributed by atoms with van der Waals surface area (Å²) in [7, 11) is 0. The van der Waals surface area contributed by atoms with Crippen molar-refractivity contribution in [2.24, 2.45) is 17.8 Å². The number of aliphatic hydroxyl groups is 1. The second kappa shape index (κ2) is 12.5. The molecule has 0 radical (unpaired) electrons. The highest BCUT2D eigenvalue weighted by Gasteiger charge is 2.78. The lowest BCUT2D eigenvalue weighted by atomic mass is 9.66. The Bertz CT molecular complexity index is 1180. The molecule has 3 heterocycles. The van der Waals surface area contributed by atoms with Gasteiger partial charge in [0.05, 0.1) is 29.2 Å². The first-order valence-electron chi connectivity index (χ1n) is 14.8. The van der Waals surface area contributed by atoms with Crippen LogP contribution in [-0.2, 0) is 14.4 Å². The molecule has 1 aromatic carbocycles. The molecule has 2 unspecified atom stereocenters. The van der Waals surface area contributed by atoms with Gasteiger partial charge in [-0.1, -0.05) is 50.9 Å². The first-order valence-corrected chi connectivity index (χ1v) is 15.9. The number of nitrogens with zero attached hydrogens (tertiary/aromatic N) is 3. The Labute approximate surface area is 254 Å². The fraction of sp³-hybridized carbons (Fsp3) is 0.594. The van der Waals surface area contributed by atoms with Crippen molar-refractivity contribution in [2.75, 3.05) is 31.1 Å². The molecule has 7 atom stereocenters. The summed E-state index contributed by atoms with van der Waals surface area (Å²) in [6.07, 6.45) is 6.32. The molecule has 4 rings (SSSR count). The fourth-order valence-electron chi connectivity index (χ4n) is 7.32. The molecular weight excluding hydrogens is 558 g/mol. The largest absolute Gasteiger partial charge is 0.394 e. The summed E-state index contributed by atoms with van der Waals surface area (Å²) >= 11 is 7.81. The molecule has 0 saturated carbocycles. The van der Waals surface area contributed by atoms with Crippen molar-refractivity contribution in [3.8, 4) is 0 Å². The van der Waals surface area contributed by atoms with Crippen LogP contribution in [0.2, 0.25) is 5.02 Å². The molecule has 0 aromatic heterocycles. The summed E-state index contributed by atoms with van der Waals surface area (Å²) in [6, 6.07) is 5.70. The van der Waals surface area contributed by atoms with E-state index >= 15 is 0 Å². The Kier molecular flexibility index (Phi) is 9.66. The maximum atomic E-state index is 14.8. The molecule has 3 saturated heterocycles. The maximum Gasteiger partial charge on any atom is 0.251 e. The normalized spacial score (nSPS) is 29.7. The molecule has 1 spiro atoms. The van der Waals surface area contributed by atoms with Crippen molar-refractivity contribution in [2.45, 2.75) is 75.0 Å². The second-order valence-electron chi connectivity index (χ2n) is 11.9. The van der Waals surface area contributed by atoms with Gasteiger partial charge >= 0.3 is 0 Å². The number of anilines is 1. The quantitative estimate of drug-likeness (QED) is 0.316. The monoisotopic (exact) mass is 601 g/mol. The van der Waals surface area contributed by atoms with Gasteiger partial charge in [-0.25, -0.2) is 0 Å². The van der Waals surface area contributed by atoms with Crippen molar-refractivity contribution in [1.29, 1.82) is 0 Å². The number of likely N-dealkylation sites (tertiary alicyclic amines) is 1. The summed E-state index contributed by atoms with van der Waals surface area (Å²) in [5, 5.41) is 11.2. The highest BCUT2D eigenvalue weighted by molar-refractivity contribution is 8.02. The number of fused-ring (bicyclic) bond motifs is 1. The van der Waals surface area contributed by atoms with E-state index in [4.69, 9.17) is 11.6 Å². The van der Waals surface area contributed by atoms with Gasteiger partial charge in [0, 0.05) is 35.1 Å². The molecule has 1 N–H and O–H groups in total. The number of carbonyl (C=O) groups is 3. The van der Waals surface area contributed by atoms with E-state index < -0.39 is 33.4 Å². The summed E-state index contributed by atoms with van der Waals surface area (Å²) in [4.78, 5) is 48.8.